The van der Waals surface area contributed by atoms with Crippen molar-refractivity contribution < 1.29 is 71.8 Å². The SMILES string of the molecule is CCCCCCCCCCCN(CCOCCOCCOCCOCCOCCOCCO)CCOCCOCCOCCOCCOCCOCCOCCO. The van der Waals surface area contributed by atoms with Gasteiger partial charge in [-0.15, -0.1) is 0 Å². The maximum atomic E-state index is 8.64. The fourth-order valence-electron chi connectivity index (χ4n) is 5.12. The Morgan fingerprint density at radius 2 is 0.456 bits per heavy atom. The molecule has 57 heavy (non-hydrogen) atoms. The Morgan fingerprint density at radius 1 is 0.246 bits per heavy atom. The van der Waals surface area contributed by atoms with Crippen LogP contribution in [0.25, 0.3) is 0 Å². The van der Waals surface area contributed by atoms with Crippen molar-refractivity contribution in [3.8, 4) is 0 Å². The van der Waals surface area contributed by atoms with Gasteiger partial charge in [0.05, 0.1) is 185 Å². The molecule has 0 rings (SSSR count). The molecule has 2 N–H and O–H groups in total. The van der Waals surface area contributed by atoms with Gasteiger partial charge in [-0.2, -0.15) is 0 Å². The van der Waals surface area contributed by atoms with Crippen molar-refractivity contribution in [2.24, 2.45) is 0 Å². The lowest BCUT2D eigenvalue weighted by atomic mass is 10.1. The quantitative estimate of drug-likeness (QED) is 0.0860. The third-order valence-corrected chi connectivity index (χ3v) is 8.24. The van der Waals surface area contributed by atoms with Gasteiger partial charge in [-0.05, 0) is 13.0 Å². The lowest BCUT2D eigenvalue weighted by Crippen LogP contribution is -2.32. The summed E-state index contributed by atoms with van der Waals surface area (Å²) in [4.78, 5) is 2.44. The van der Waals surface area contributed by atoms with E-state index >= 15 is 0 Å². The van der Waals surface area contributed by atoms with E-state index in [-0.39, 0.29) is 13.2 Å². The first-order valence-electron chi connectivity index (χ1n) is 21.8. The number of nitrogens with zero attached hydrogens (tertiary/aromatic N) is 1. The highest BCUT2D eigenvalue weighted by atomic mass is 16.6. The second-order valence-corrected chi connectivity index (χ2v) is 13.1. The minimum absolute atomic E-state index is 0.0248. The van der Waals surface area contributed by atoms with Crippen LogP contribution in [0, 0.1) is 0 Å². The monoisotopic (exact) mass is 832 g/mol. The summed E-state index contributed by atoms with van der Waals surface area (Å²) in [5.74, 6) is 0. The first-order chi connectivity index (χ1) is 28.3. The number of hydrogen-bond donors (Lipinski definition) is 2. The van der Waals surface area contributed by atoms with Gasteiger partial charge in [0.1, 0.15) is 0 Å². The van der Waals surface area contributed by atoms with Gasteiger partial charge in [-0.25, -0.2) is 0 Å². The van der Waals surface area contributed by atoms with Crippen LogP contribution in [0.15, 0.2) is 0 Å². The second kappa shape index (κ2) is 53.4. The van der Waals surface area contributed by atoms with Crippen LogP contribution < -0.4 is 0 Å². The summed E-state index contributed by atoms with van der Waals surface area (Å²) < 4.78 is 71.5. The van der Waals surface area contributed by atoms with Gasteiger partial charge >= 0.3 is 0 Å². The van der Waals surface area contributed by atoms with Gasteiger partial charge in [-0.1, -0.05) is 58.3 Å². The molecule has 0 aliphatic carbocycles. The van der Waals surface area contributed by atoms with Gasteiger partial charge in [0.25, 0.3) is 0 Å². The third-order valence-electron chi connectivity index (χ3n) is 8.24. The number of unbranched alkanes of at least 4 members (excludes halogenated alkanes) is 8. The van der Waals surface area contributed by atoms with Crippen molar-refractivity contribution in [1.82, 2.24) is 4.90 Å². The molecule has 16 heteroatoms. The lowest BCUT2D eigenvalue weighted by Gasteiger charge is -2.22. The largest absolute Gasteiger partial charge is 0.394 e. The van der Waals surface area contributed by atoms with E-state index in [0.717, 1.165) is 19.6 Å². The average molecular weight is 832 g/mol. The molecular formula is C41H85NO15. The first kappa shape index (κ1) is 56.4. The molecule has 0 fully saturated rings. The number of hydrogen-bond acceptors (Lipinski definition) is 16. The zero-order chi connectivity index (χ0) is 41.1. The van der Waals surface area contributed by atoms with Crippen LogP contribution in [0.3, 0.4) is 0 Å². The molecule has 0 bridgehead atoms. The predicted octanol–water partition coefficient (Wildman–Crippen LogP) is 3.02. The van der Waals surface area contributed by atoms with Crippen molar-refractivity contribution in [2.45, 2.75) is 64.7 Å². The van der Waals surface area contributed by atoms with Crippen LogP contribution in [0.2, 0.25) is 0 Å². The van der Waals surface area contributed by atoms with E-state index in [4.69, 9.17) is 71.8 Å². The van der Waals surface area contributed by atoms with E-state index < -0.39 is 0 Å². The number of rotatable bonds is 53. The molecule has 0 aromatic carbocycles. The summed E-state index contributed by atoms with van der Waals surface area (Å²) in [6, 6.07) is 0. The Kier molecular flexibility index (Phi) is 52.8. The molecule has 0 unspecified atom stereocenters. The Hall–Kier alpha value is -0.640. The smallest absolute Gasteiger partial charge is 0.0701 e. The third kappa shape index (κ3) is 51.4. The van der Waals surface area contributed by atoms with E-state index in [0.29, 0.717) is 172 Å². The Bertz CT molecular complexity index is 705. The number of aliphatic hydroxyl groups is 2. The molecule has 0 aliphatic rings. The maximum Gasteiger partial charge on any atom is 0.0701 e. The first-order valence-corrected chi connectivity index (χ1v) is 21.8. The molecule has 0 atom stereocenters. The molecule has 0 amide bonds. The normalized spacial score (nSPS) is 11.8. The lowest BCUT2D eigenvalue weighted by molar-refractivity contribution is -0.0226. The summed E-state index contributed by atoms with van der Waals surface area (Å²) in [5, 5.41) is 17.3. The van der Waals surface area contributed by atoms with Crippen molar-refractivity contribution in [3.05, 3.63) is 0 Å². The highest BCUT2D eigenvalue weighted by Gasteiger charge is 2.06. The fraction of sp³-hybridized carbons (Fsp3) is 1.00. The van der Waals surface area contributed by atoms with E-state index in [1.807, 2.05) is 0 Å². The molecule has 0 aliphatic heterocycles. The van der Waals surface area contributed by atoms with Crippen molar-refractivity contribution in [1.29, 1.82) is 0 Å². The maximum absolute atomic E-state index is 8.64. The van der Waals surface area contributed by atoms with Gasteiger partial charge < -0.3 is 71.8 Å². The zero-order valence-electron chi connectivity index (χ0n) is 35.9. The topological polar surface area (TPSA) is 164 Å². The highest BCUT2D eigenvalue weighted by molar-refractivity contribution is 4.59. The molecule has 0 aromatic rings. The van der Waals surface area contributed by atoms with Gasteiger partial charge in [-0.3, -0.25) is 4.90 Å². The molecule has 0 saturated carbocycles. The van der Waals surface area contributed by atoms with Crippen molar-refractivity contribution >= 4 is 0 Å². The van der Waals surface area contributed by atoms with E-state index in [1.165, 1.54) is 57.8 Å². The minimum Gasteiger partial charge on any atom is -0.394 e. The van der Waals surface area contributed by atoms with Crippen LogP contribution in [0.5, 0.6) is 0 Å². The van der Waals surface area contributed by atoms with E-state index in [2.05, 4.69) is 11.8 Å². The minimum atomic E-state index is 0.0248. The Balaban J connectivity index is 3.78. The van der Waals surface area contributed by atoms with E-state index in [1.54, 1.807) is 0 Å². The molecule has 16 nitrogen and oxygen atoms in total. The second-order valence-electron chi connectivity index (χ2n) is 13.1. The van der Waals surface area contributed by atoms with Crippen LogP contribution >= 0.6 is 0 Å². The summed E-state index contributed by atoms with van der Waals surface area (Å²) in [6.07, 6.45) is 11.9. The zero-order valence-corrected chi connectivity index (χ0v) is 35.9. The van der Waals surface area contributed by atoms with Gasteiger partial charge in [0, 0.05) is 13.1 Å². The fourth-order valence-corrected chi connectivity index (χ4v) is 5.12. The standard InChI is InChI=1S/C41H85NO15/c1-2-3-4-5-6-7-8-9-10-11-42(12-16-45-20-24-49-28-32-53-36-38-55-34-30-51-26-22-47-18-14-43)13-17-46-21-25-50-29-33-54-37-40-57-41-39-56-35-31-52-27-23-48-19-15-44/h43-44H,2-41H2,1H3. The molecule has 344 valence electrons. The summed E-state index contributed by atoms with van der Waals surface area (Å²) in [5.41, 5.74) is 0. The van der Waals surface area contributed by atoms with Crippen LogP contribution in [-0.2, 0) is 61.6 Å². The molecule has 0 aromatic heterocycles. The molecule has 0 heterocycles. The van der Waals surface area contributed by atoms with Crippen molar-refractivity contribution in [2.75, 3.05) is 205 Å². The molecular weight excluding hydrogens is 746 g/mol. The molecule has 0 spiro atoms. The number of aliphatic hydroxyl groups excluding tert-OH is 2. The number of ether oxygens (including phenoxy) is 13. The average Bonchev–Trinajstić information content (AvgIpc) is 3.22. The van der Waals surface area contributed by atoms with E-state index in [9.17, 15) is 0 Å². The summed E-state index contributed by atoms with van der Waals surface area (Å²) in [6.45, 7) is 18.4. The van der Waals surface area contributed by atoms with Crippen LogP contribution in [0.1, 0.15) is 64.7 Å². The van der Waals surface area contributed by atoms with Crippen LogP contribution in [0.4, 0.5) is 0 Å². The Labute approximate surface area is 345 Å². The molecule has 0 saturated heterocycles. The summed E-state index contributed by atoms with van der Waals surface area (Å²) >= 11 is 0. The van der Waals surface area contributed by atoms with Gasteiger partial charge in [0.2, 0.25) is 0 Å². The summed E-state index contributed by atoms with van der Waals surface area (Å²) in [7, 11) is 0. The van der Waals surface area contributed by atoms with Crippen LogP contribution in [-0.4, -0.2) is 220 Å². The highest BCUT2D eigenvalue weighted by Crippen LogP contribution is 2.10. The molecule has 0 radical (unpaired) electrons. The van der Waals surface area contributed by atoms with Gasteiger partial charge in [0.15, 0.2) is 0 Å². The Morgan fingerprint density at radius 3 is 0.702 bits per heavy atom. The predicted molar refractivity (Wildman–Crippen MR) is 218 cm³/mol. The van der Waals surface area contributed by atoms with Crippen molar-refractivity contribution in [3.63, 3.8) is 0 Å².